The zero-order chi connectivity index (χ0) is 8.43. The summed E-state index contributed by atoms with van der Waals surface area (Å²) in [6.45, 7) is 1.23. The van der Waals surface area contributed by atoms with Crippen LogP contribution in [0.3, 0.4) is 0 Å². The van der Waals surface area contributed by atoms with Gasteiger partial charge in [0.15, 0.2) is 5.78 Å². The van der Waals surface area contributed by atoms with Crippen LogP contribution in [0, 0.1) is 0 Å². The molecule has 0 N–H and O–H groups in total. The van der Waals surface area contributed by atoms with E-state index in [0.29, 0.717) is 0 Å². The van der Waals surface area contributed by atoms with Gasteiger partial charge < -0.3 is 4.52 Å². The van der Waals surface area contributed by atoms with Gasteiger partial charge in [0.05, 0.1) is 0 Å². The molecule has 0 saturated carbocycles. The molecule has 0 amide bonds. The van der Waals surface area contributed by atoms with Crippen LogP contribution in [0.1, 0.15) is 29.6 Å². The highest BCUT2D eigenvalue weighted by atomic mass is 19.3. The fourth-order valence-corrected chi connectivity index (χ4v) is 0.558. The van der Waals surface area contributed by atoms with Crippen LogP contribution in [0.15, 0.2) is 10.6 Å². The predicted octanol–water partition coefficient (Wildman–Crippen LogP) is 1.81. The summed E-state index contributed by atoms with van der Waals surface area (Å²) in [5.74, 6) is -0.962. The van der Waals surface area contributed by atoms with E-state index < -0.39 is 12.2 Å². The molecule has 0 aliphatic heterocycles. The highest BCUT2D eigenvalue weighted by molar-refractivity contribution is 5.91. The molecule has 0 bridgehead atoms. The molecule has 3 nitrogen and oxygen atoms in total. The summed E-state index contributed by atoms with van der Waals surface area (Å²) in [5, 5.41) is 3.13. The van der Waals surface area contributed by atoms with Crippen LogP contribution < -0.4 is 0 Å². The summed E-state index contributed by atoms with van der Waals surface area (Å²) in [7, 11) is 0. The van der Waals surface area contributed by atoms with E-state index in [1.54, 1.807) is 0 Å². The Balaban J connectivity index is 2.90. The molecule has 1 rings (SSSR count). The third kappa shape index (κ3) is 1.60. The molecule has 1 aromatic rings. The molecule has 60 valence electrons. The van der Waals surface area contributed by atoms with E-state index in [4.69, 9.17) is 0 Å². The van der Waals surface area contributed by atoms with Gasteiger partial charge in [-0.05, 0) is 0 Å². The van der Waals surface area contributed by atoms with E-state index in [-0.39, 0.29) is 11.5 Å². The van der Waals surface area contributed by atoms with Crippen molar-refractivity contribution in [3.05, 3.63) is 17.5 Å². The van der Waals surface area contributed by atoms with E-state index in [9.17, 15) is 13.6 Å². The summed E-state index contributed by atoms with van der Waals surface area (Å²) in [6.07, 6.45) is -2.71. The molecule has 0 aliphatic rings. The van der Waals surface area contributed by atoms with Crippen molar-refractivity contribution in [2.75, 3.05) is 0 Å². The Labute approximate surface area is 61.0 Å². The number of Topliss-reactive ketones (excluding diaryl/α,β-unsaturated/α-hetero) is 1. The second-order valence-corrected chi connectivity index (χ2v) is 1.97. The SMILES string of the molecule is CC(=O)c1cc(C(F)F)on1. The maximum absolute atomic E-state index is 11.8. The van der Waals surface area contributed by atoms with Crippen LogP contribution in [0.2, 0.25) is 0 Å². The zero-order valence-electron chi connectivity index (χ0n) is 5.67. The Hall–Kier alpha value is -1.26. The monoisotopic (exact) mass is 161 g/mol. The van der Waals surface area contributed by atoms with E-state index >= 15 is 0 Å². The van der Waals surface area contributed by atoms with Gasteiger partial charge in [0.1, 0.15) is 5.69 Å². The quantitative estimate of drug-likeness (QED) is 0.621. The predicted molar refractivity (Wildman–Crippen MR) is 31.5 cm³/mol. The Kier molecular flexibility index (Phi) is 1.98. The number of aromatic nitrogens is 1. The van der Waals surface area contributed by atoms with E-state index in [1.165, 1.54) is 6.92 Å². The van der Waals surface area contributed by atoms with Crippen LogP contribution in [0.4, 0.5) is 8.78 Å². The maximum atomic E-state index is 11.8. The lowest BCUT2D eigenvalue weighted by atomic mass is 10.3. The van der Waals surface area contributed by atoms with Crippen molar-refractivity contribution in [3.8, 4) is 0 Å². The van der Waals surface area contributed by atoms with Crippen molar-refractivity contribution < 1.29 is 18.1 Å². The average Bonchev–Trinajstić information content (AvgIpc) is 2.33. The van der Waals surface area contributed by atoms with Gasteiger partial charge in [-0.1, -0.05) is 5.16 Å². The van der Waals surface area contributed by atoms with Gasteiger partial charge in [0.2, 0.25) is 5.76 Å². The summed E-state index contributed by atoms with van der Waals surface area (Å²) >= 11 is 0. The molecule has 0 spiro atoms. The first kappa shape index (κ1) is 7.84. The number of carbonyl (C=O) groups is 1. The van der Waals surface area contributed by atoms with Crippen LogP contribution in [-0.4, -0.2) is 10.9 Å². The fraction of sp³-hybridized carbons (Fsp3) is 0.333. The standard InChI is InChI=1S/C6H5F2NO2/c1-3(10)4-2-5(6(7)8)11-9-4/h2,6H,1H3. The van der Waals surface area contributed by atoms with Crippen molar-refractivity contribution in [3.63, 3.8) is 0 Å². The van der Waals surface area contributed by atoms with Crippen molar-refractivity contribution >= 4 is 5.78 Å². The molecule has 0 saturated heterocycles. The highest BCUT2D eigenvalue weighted by Crippen LogP contribution is 2.18. The average molecular weight is 161 g/mol. The number of hydrogen-bond acceptors (Lipinski definition) is 3. The molecule has 0 fully saturated rings. The van der Waals surface area contributed by atoms with Crippen LogP contribution in [-0.2, 0) is 0 Å². The highest BCUT2D eigenvalue weighted by Gasteiger charge is 2.15. The van der Waals surface area contributed by atoms with Crippen molar-refractivity contribution in [2.45, 2.75) is 13.3 Å². The summed E-state index contributed by atoms with van der Waals surface area (Å²) < 4.78 is 27.8. The van der Waals surface area contributed by atoms with E-state index in [0.717, 1.165) is 6.07 Å². The first-order valence-corrected chi connectivity index (χ1v) is 2.87. The molecule has 0 aromatic carbocycles. The summed E-state index contributed by atoms with van der Waals surface area (Å²) in [5.41, 5.74) is -0.0692. The molecular weight excluding hydrogens is 156 g/mol. The van der Waals surface area contributed by atoms with Crippen LogP contribution >= 0.6 is 0 Å². The minimum absolute atomic E-state index is 0.0692. The van der Waals surface area contributed by atoms with Gasteiger partial charge in [0, 0.05) is 13.0 Å². The third-order valence-corrected chi connectivity index (χ3v) is 1.10. The molecule has 1 aromatic heterocycles. The van der Waals surface area contributed by atoms with Crippen LogP contribution in [0.5, 0.6) is 0 Å². The number of hydrogen-bond donors (Lipinski definition) is 0. The van der Waals surface area contributed by atoms with Gasteiger partial charge in [-0.2, -0.15) is 0 Å². The molecule has 5 heteroatoms. The number of alkyl halides is 2. The van der Waals surface area contributed by atoms with Gasteiger partial charge >= 0.3 is 0 Å². The lowest BCUT2D eigenvalue weighted by Crippen LogP contribution is -1.89. The number of ketones is 1. The molecule has 0 aliphatic carbocycles. The Morgan fingerprint density at radius 1 is 1.73 bits per heavy atom. The number of nitrogens with zero attached hydrogens (tertiary/aromatic N) is 1. The lowest BCUT2D eigenvalue weighted by molar-refractivity contribution is 0.0996. The number of halogens is 2. The lowest BCUT2D eigenvalue weighted by Gasteiger charge is -1.85. The van der Waals surface area contributed by atoms with Crippen molar-refractivity contribution in [1.82, 2.24) is 5.16 Å². The second-order valence-electron chi connectivity index (χ2n) is 1.97. The van der Waals surface area contributed by atoms with Crippen LogP contribution in [0.25, 0.3) is 0 Å². The Morgan fingerprint density at radius 3 is 2.64 bits per heavy atom. The zero-order valence-corrected chi connectivity index (χ0v) is 5.67. The minimum Gasteiger partial charge on any atom is -0.355 e. The molecular formula is C6H5F2NO2. The smallest absolute Gasteiger partial charge is 0.298 e. The fourth-order valence-electron chi connectivity index (χ4n) is 0.558. The van der Waals surface area contributed by atoms with Crippen molar-refractivity contribution in [1.29, 1.82) is 0 Å². The molecule has 1 heterocycles. The van der Waals surface area contributed by atoms with Gasteiger partial charge in [-0.25, -0.2) is 8.78 Å². The van der Waals surface area contributed by atoms with E-state index in [1.807, 2.05) is 0 Å². The van der Waals surface area contributed by atoms with E-state index in [2.05, 4.69) is 9.68 Å². The molecule has 0 unspecified atom stereocenters. The normalized spacial score (nSPS) is 10.5. The molecule has 0 radical (unpaired) electrons. The first-order valence-electron chi connectivity index (χ1n) is 2.87. The van der Waals surface area contributed by atoms with Gasteiger partial charge in [0.25, 0.3) is 6.43 Å². The minimum atomic E-state index is -2.71. The topological polar surface area (TPSA) is 43.1 Å². The van der Waals surface area contributed by atoms with Crippen molar-refractivity contribution in [2.24, 2.45) is 0 Å². The van der Waals surface area contributed by atoms with Gasteiger partial charge in [-0.3, -0.25) is 4.79 Å². The molecule has 11 heavy (non-hydrogen) atoms. The largest absolute Gasteiger partial charge is 0.355 e. The first-order chi connectivity index (χ1) is 5.11. The maximum Gasteiger partial charge on any atom is 0.298 e. The summed E-state index contributed by atoms with van der Waals surface area (Å²) in [4.78, 5) is 10.5. The number of carbonyl (C=O) groups excluding carboxylic acids is 1. The number of rotatable bonds is 2. The Bertz CT molecular complexity index is 269. The summed E-state index contributed by atoms with van der Waals surface area (Å²) in [6, 6.07) is 0.938. The van der Waals surface area contributed by atoms with Gasteiger partial charge in [-0.15, -0.1) is 0 Å². The Morgan fingerprint density at radius 2 is 2.36 bits per heavy atom. The molecule has 0 atom stereocenters. The second kappa shape index (κ2) is 2.77. The third-order valence-electron chi connectivity index (χ3n) is 1.10.